The van der Waals surface area contributed by atoms with Crippen LogP contribution in [-0.4, -0.2) is 49.4 Å². The average Bonchev–Trinajstić information content (AvgIpc) is 2.87. The number of ether oxygens (including phenoxy) is 2. The van der Waals surface area contributed by atoms with Gasteiger partial charge >= 0.3 is 6.03 Å². The van der Waals surface area contributed by atoms with Crippen molar-refractivity contribution in [3.63, 3.8) is 0 Å². The van der Waals surface area contributed by atoms with E-state index in [0.717, 1.165) is 24.3 Å². The third-order valence-electron chi connectivity index (χ3n) is 5.99. The normalized spacial score (nSPS) is 18.6. The van der Waals surface area contributed by atoms with Gasteiger partial charge in [-0.3, -0.25) is 0 Å². The van der Waals surface area contributed by atoms with E-state index in [2.05, 4.69) is 25.9 Å². The molecule has 3 aromatic rings. The van der Waals surface area contributed by atoms with Crippen LogP contribution < -0.4 is 25.4 Å². The van der Waals surface area contributed by atoms with Crippen LogP contribution in [0.4, 0.5) is 10.5 Å². The number of hydrogen-bond acceptors (Lipinski definition) is 6. The number of urea groups is 1. The van der Waals surface area contributed by atoms with E-state index in [1.54, 1.807) is 50.7 Å². The topological polar surface area (TPSA) is 97.4 Å². The van der Waals surface area contributed by atoms with Crippen LogP contribution in [0.25, 0.3) is 0 Å². The highest BCUT2D eigenvalue weighted by Crippen LogP contribution is 2.35. The van der Waals surface area contributed by atoms with Gasteiger partial charge in [0.1, 0.15) is 11.6 Å². The number of aromatic nitrogens is 2. The van der Waals surface area contributed by atoms with E-state index in [-0.39, 0.29) is 23.9 Å². The van der Waals surface area contributed by atoms with Crippen LogP contribution in [0.2, 0.25) is 5.02 Å². The number of halogens is 1. The Morgan fingerprint density at radius 3 is 2.56 bits per heavy atom. The first-order valence-electron chi connectivity index (χ1n) is 11.1. The molecule has 1 saturated heterocycles. The molecule has 0 radical (unpaired) electrons. The zero-order chi connectivity index (χ0) is 23.9. The standard InChI is InChI=1S/C25H28ClN5O3/c1-33-19-9-3-16(4-10-19)23(24-28-14-12-22(31-24)34-2)20-15-27-13-11-21(20)30-25(32)29-18-7-5-17(26)6-8-18/h3-10,12,14,20-21,23,27H,11,13,15H2,1-2H3,(H2,29,30,32). The monoisotopic (exact) mass is 481 g/mol. The largest absolute Gasteiger partial charge is 0.497 e. The van der Waals surface area contributed by atoms with Crippen molar-refractivity contribution < 1.29 is 14.3 Å². The van der Waals surface area contributed by atoms with Crippen LogP contribution in [0.15, 0.2) is 60.8 Å². The van der Waals surface area contributed by atoms with Gasteiger partial charge in [-0.05, 0) is 54.9 Å². The van der Waals surface area contributed by atoms with Crippen molar-refractivity contribution in [2.75, 3.05) is 32.6 Å². The predicted octanol–water partition coefficient (Wildman–Crippen LogP) is 4.08. The third-order valence-corrected chi connectivity index (χ3v) is 6.24. The number of amides is 2. The lowest BCUT2D eigenvalue weighted by Crippen LogP contribution is -2.52. The Labute approximate surface area is 204 Å². The number of carbonyl (C=O) groups excluding carboxylic acids is 1. The Morgan fingerprint density at radius 1 is 1.09 bits per heavy atom. The van der Waals surface area contributed by atoms with Crippen molar-refractivity contribution in [1.29, 1.82) is 0 Å². The summed E-state index contributed by atoms with van der Waals surface area (Å²) >= 11 is 5.95. The van der Waals surface area contributed by atoms with E-state index in [1.807, 2.05) is 24.3 Å². The molecule has 3 N–H and O–H groups in total. The minimum atomic E-state index is -0.265. The van der Waals surface area contributed by atoms with Gasteiger partial charge in [-0.1, -0.05) is 23.7 Å². The van der Waals surface area contributed by atoms with Crippen molar-refractivity contribution in [3.05, 3.63) is 77.2 Å². The molecule has 4 rings (SSSR count). The van der Waals surface area contributed by atoms with Gasteiger partial charge in [0.15, 0.2) is 0 Å². The van der Waals surface area contributed by atoms with Crippen LogP contribution in [0.5, 0.6) is 11.6 Å². The zero-order valence-electron chi connectivity index (χ0n) is 19.1. The minimum Gasteiger partial charge on any atom is -0.497 e. The second-order valence-electron chi connectivity index (χ2n) is 8.08. The van der Waals surface area contributed by atoms with Crippen LogP contribution >= 0.6 is 11.6 Å². The quantitative estimate of drug-likeness (QED) is 0.470. The first-order chi connectivity index (χ1) is 16.6. The molecule has 9 heteroatoms. The minimum absolute atomic E-state index is 0.00483. The summed E-state index contributed by atoms with van der Waals surface area (Å²) in [6, 6.07) is 16.3. The molecule has 3 unspecified atom stereocenters. The lowest BCUT2D eigenvalue weighted by molar-refractivity contribution is 0.224. The number of nitrogens with zero attached hydrogens (tertiary/aromatic N) is 2. The Bertz CT molecular complexity index is 1090. The molecular weight excluding hydrogens is 454 g/mol. The number of hydrogen-bond donors (Lipinski definition) is 3. The van der Waals surface area contributed by atoms with E-state index < -0.39 is 0 Å². The van der Waals surface area contributed by atoms with Crippen LogP contribution in [0.1, 0.15) is 23.7 Å². The van der Waals surface area contributed by atoms with Crippen molar-refractivity contribution in [1.82, 2.24) is 20.6 Å². The number of carbonyl (C=O) groups is 1. The summed E-state index contributed by atoms with van der Waals surface area (Å²) in [4.78, 5) is 22.1. The molecule has 8 nitrogen and oxygen atoms in total. The lowest BCUT2D eigenvalue weighted by atomic mass is 9.77. The van der Waals surface area contributed by atoms with Crippen LogP contribution in [0, 0.1) is 5.92 Å². The maximum absolute atomic E-state index is 12.8. The molecule has 1 aliphatic heterocycles. The Kier molecular flexibility index (Phi) is 7.82. The Balaban J connectivity index is 1.61. The molecule has 0 aliphatic carbocycles. The second kappa shape index (κ2) is 11.2. The zero-order valence-corrected chi connectivity index (χ0v) is 19.9. The first-order valence-corrected chi connectivity index (χ1v) is 11.5. The molecule has 3 atom stereocenters. The van der Waals surface area contributed by atoms with Crippen molar-refractivity contribution >= 4 is 23.3 Å². The number of piperidine rings is 1. The molecule has 2 aromatic carbocycles. The number of anilines is 1. The maximum atomic E-state index is 12.8. The van der Waals surface area contributed by atoms with Crippen LogP contribution in [-0.2, 0) is 0 Å². The number of methoxy groups -OCH3 is 2. The van der Waals surface area contributed by atoms with Gasteiger partial charge < -0.3 is 25.4 Å². The molecule has 1 aromatic heterocycles. The van der Waals surface area contributed by atoms with Gasteiger partial charge in [0.05, 0.1) is 20.1 Å². The van der Waals surface area contributed by atoms with E-state index in [9.17, 15) is 4.79 Å². The predicted molar refractivity (Wildman–Crippen MR) is 132 cm³/mol. The average molecular weight is 482 g/mol. The van der Waals surface area contributed by atoms with Gasteiger partial charge in [-0.2, -0.15) is 4.98 Å². The fourth-order valence-electron chi connectivity index (χ4n) is 4.30. The molecule has 1 aliphatic rings. The molecular formula is C25H28ClN5O3. The molecule has 0 bridgehead atoms. The summed E-state index contributed by atoms with van der Waals surface area (Å²) in [6.45, 7) is 1.50. The molecule has 0 spiro atoms. The van der Waals surface area contributed by atoms with Crippen LogP contribution in [0.3, 0.4) is 0 Å². The highest BCUT2D eigenvalue weighted by molar-refractivity contribution is 6.30. The van der Waals surface area contributed by atoms with Gasteiger partial charge in [0.2, 0.25) is 5.88 Å². The molecule has 2 heterocycles. The summed E-state index contributed by atoms with van der Waals surface area (Å²) in [5, 5.41) is 10.1. The molecule has 1 fully saturated rings. The molecule has 178 valence electrons. The highest BCUT2D eigenvalue weighted by Gasteiger charge is 2.36. The lowest BCUT2D eigenvalue weighted by Gasteiger charge is -2.37. The molecule has 2 amide bonds. The Morgan fingerprint density at radius 2 is 1.85 bits per heavy atom. The third kappa shape index (κ3) is 5.76. The molecule has 0 saturated carbocycles. The summed E-state index contributed by atoms with van der Waals surface area (Å²) < 4.78 is 10.7. The number of benzene rings is 2. The first kappa shape index (κ1) is 23.8. The SMILES string of the molecule is COc1ccc(C(c2nccc(OC)n2)C2CNCCC2NC(=O)Nc2ccc(Cl)cc2)cc1. The summed E-state index contributed by atoms with van der Waals surface area (Å²) in [5.74, 6) is 1.74. The smallest absolute Gasteiger partial charge is 0.319 e. The fraction of sp³-hybridized carbons (Fsp3) is 0.320. The van der Waals surface area contributed by atoms with Gasteiger partial charge in [0, 0.05) is 41.5 Å². The fourth-order valence-corrected chi connectivity index (χ4v) is 4.43. The van der Waals surface area contributed by atoms with Crippen molar-refractivity contribution in [2.24, 2.45) is 5.92 Å². The van der Waals surface area contributed by atoms with E-state index in [1.165, 1.54) is 0 Å². The van der Waals surface area contributed by atoms with Gasteiger partial charge in [0.25, 0.3) is 0 Å². The Hall–Kier alpha value is -3.36. The molecule has 34 heavy (non-hydrogen) atoms. The van der Waals surface area contributed by atoms with Gasteiger partial charge in [-0.15, -0.1) is 0 Å². The summed E-state index contributed by atoms with van der Waals surface area (Å²) in [7, 11) is 3.23. The van der Waals surface area contributed by atoms with Crippen molar-refractivity contribution in [2.45, 2.75) is 18.4 Å². The van der Waals surface area contributed by atoms with E-state index >= 15 is 0 Å². The van der Waals surface area contributed by atoms with Gasteiger partial charge in [-0.25, -0.2) is 9.78 Å². The van der Waals surface area contributed by atoms with E-state index in [0.29, 0.717) is 29.0 Å². The summed E-state index contributed by atoms with van der Waals surface area (Å²) in [5.41, 5.74) is 1.71. The number of rotatable bonds is 7. The van der Waals surface area contributed by atoms with Crippen molar-refractivity contribution in [3.8, 4) is 11.6 Å². The second-order valence-corrected chi connectivity index (χ2v) is 8.51. The highest BCUT2D eigenvalue weighted by atomic mass is 35.5. The van der Waals surface area contributed by atoms with E-state index in [4.69, 9.17) is 21.1 Å². The maximum Gasteiger partial charge on any atom is 0.319 e. The number of nitrogens with one attached hydrogen (secondary N) is 3. The summed E-state index contributed by atoms with van der Waals surface area (Å²) in [6.07, 6.45) is 2.47.